The Kier molecular flexibility index (Phi) is 12.8. The third kappa shape index (κ3) is 8.86. The number of fused-ring (bicyclic) bond motifs is 16. The summed E-state index contributed by atoms with van der Waals surface area (Å²) >= 11 is 0. The van der Waals surface area contributed by atoms with Crippen LogP contribution in [0.1, 0.15) is 0 Å². The van der Waals surface area contributed by atoms with Gasteiger partial charge in [-0.15, -0.1) is 0 Å². The van der Waals surface area contributed by atoms with Gasteiger partial charge < -0.3 is 18.3 Å². The third-order valence-corrected chi connectivity index (χ3v) is 22.3. The zero-order valence-electron chi connectivity index (χ0n) is 56.6. The summed E-state index contributed by atoms with van der Waals surface area (Å²) in [5, 5.41) is 19.6. The summed E-state index contributed by atoms with van der Waals surface area (Å²) in [6, 6.07) is 140. The summed E-state index contributed by atoms with van der Waals surface area (Å²) < 4.78 is 9.86. The van der Waals surface area contributed by atoms with Gasteiger partial charge in [-0.1, -0.05) is 261 Å². The molecule has 0 amide bonds. The highest BCUT2D eigenvalue weighted by molar-refractivity contribution is 6.18. The minimum atomic E-state index is 1.12. The van der Waals surface area contributed by atoms with Gasteiger partial charge in [-0.3, -0.25) is 0 Å². The Hall–Kier alpha value is -13.8. The second kappa shape index (κ2) is 22.9. The van der Waals surface area contributed by atoms with Crippen molar-refractivity contribution < 1.29 is 0 Å². The fourth-order valence-electron chi connectivity index (χ4n) is 17.6. The maximum absolute atomic E-state index is 2.53. The lowest BCUT2D eigenvalue weighted by Gasteiger charge is -2.16. The lowest BCUT2D eigenvalue weighted by molar-refractivity contribution is 1.18. The fraction of sp³-hybridized carbons (Fsp3) is 0. The van der Waals surface area contributed by atoms with E-state index in [9.17, 15) is 0 Å². The van der Waals surface area contributed by atoms with Gasteiger partial charge in [0, 0.05) is 65.2 Å². The summed E-state index contributed by atoms with van der Waals surface area (Å²) in [6.07, 6.45) is 0. The molecule has 4 nitrogen and oxygen atoms in total. The van der Waals surface area contributed by atoms with Crippen LogP contribution < -0.4 is 0 Å². The van der Waals surface area contributed by atoms with E-state index < -0.39 is 0 Å². The Morgan fingerprint density at radius 1 is 0.135 bits per heavy atom. The number of rotatable bonds is 9. The largest absolute Gasteiger partial charge is 0.309 e. The number of nitrogens with zero attached hydrogens (tertiary/aromatic N) is 4. The predicted molar refractivity (Wildman–Crippen MR) is 441 cm³/mol. The Balaban J connectivity index is 0.694. The molecule has 0 aliphatic carbocycles. The van der Waals surface area contributed by atoms with Crippen molar-refractivity contribution in [1.82, 2.24) is 18.3 Å². The van der Waals surface area contributed by atoms with E-state index in [2.05, 4.69) is 394 Å². The number of hydrogen-bond donors (Lipinski definition) is 0. The van der Waals surface area contributed by atoms with Gasteiger partial charge in [-0.25, -0.2) is 0 Å². The first-order valence-electron chi connectivity index (χ1n) is 36.0. The van der Waals surface area contributed by atoms with Gasteiger partial charge in [0.2, 0.25) is 0 Å². The quantitative estimate of drug-likeness (QED) is 0.137. The Bertz CT molecular complexity index is 7340. The van der Waals surface area contributed by atoms with Crippen molar-refractivity contribution in [2.24, 2.45) is 0 Å². The van der Waals surface area contributed by atoms with Crippen LogP contribution in [0, 0.1) is 0 Å². The van der Waals surface area contributed by atoms with Gasteiger partial charge in [0.15, 0.2) is 0 Å². The molecule has 4 aromatic heterocycles. The first kappa shape index (κ1) is 58.0. The molecule has 0 N–H and O–H groups in total. The minimum absolute atomic E-state index is 1.12. The van der Waals surface area contributed by atoms with Crippen LogP contribution in [0.25, 0.3) is 209 Å². The molecule has 0 radical (unpaired) electrons. The minimum Gasteiger partial charge on any atom is -0.309 e. The molecule has 482 valence electrons. The van der Waals surface area contributed by atoms with Gasteiger partial charge in [0.1, 0.15) is 0 Å². The maximum Gasteiger partial charge on any atom is 0.0547 e. The van der Waals surface area contributed by atoms with Crippen molar-refractivity contribution in [3.8, 4) is 78.4 Å². The monoisotopic (exact) mass is 1320 g/mol. The van der Waals surface area contributed by atoms with E-state index in [1.54, 1.807) is 0 Å². The highest BCUT2D eigenvalue weighted by Crippen LogP contribution is 2.46. The van der Waals surface area contributed by atoms with E-state index in [0.29, 0.717) is 0 Å². The fourth-order valence-corrected chi connectivity index (χ4v) is 17.6. The average Bonchev–Trinajstić information content (AvgIpc) is 1.17. The van der Waals surface area contributed by atoms with E-state index in [1.165, 1.54) is 158 Å². The molecule has 4 heteroatoms. The molecule has 0 fully saturated rings. The van der Waals surface area contributed by atoms with Gasteiger partial charge in [0.05, 0.1) is 55.5 Å². The molecule has 0 atom stereocenters. The van der Waals surface area contributed by atoms with Gasteiger partial charge in [-0.2, -0.15) is 0 Å². The molecule has 0 aliphatic heterocycles. The Labute approximate surface area is 599 Å². The van der Waals surface area contributed by atoms with Crippen LogP contribution in [0.2, 0.25) is 0 Å². The van der Waals surface area contributed by atoms with E-state index in [4.69, 9.17) is 0 Å². The standard InChI is InChI=1S/C100H62N4/c1-3-24-73(25-4-1)101-91-36-17-15-33-83(91)87-57-66(42-50-95(87)101)69-45-53-98-90(60-69)86-47-41-71(62-100(86)104(98)94-54-48-76(78-29-11-13-31-81(78)94)72-39-38-63-20-7-8-22-65(63)56-72)70-40-46-85-89-59-67(43-51-96(89)102(99(85)61-70)74-26-5-2-6-27-74)68-44-52-97-88(58-68)84-34-16-18-37-92(84)103(97)93-55-49-80(79-30-12-14-32-82(79)93)77-35-19-23-64-21-9-10-28-75(64)77/h1-62H. The zero-order chi connectivity index (χ0) is 68.1. The highest BCUT2D eigenvalue weighted by Gasteiger charge is 2.23. The van der Waals surface area contributed by atoms with Crippen LogP contribution in [0.3, 0.4) is 0 Å². The summed E-state index contributed by atoms with van der Waals surface area (Å²) in [7, 11) is 0. The lowest BCUT2D eigenvalue weighted by atomic mass is 9.93. The predicted octanol–water partition coefficient (Wildman–Crippen LogP) is 27.0. The van der Waals surface area contributed by atoms with E-state index in [0.717, 1.165) is 50.3 Å². The normalized spacial score (nSPS) is 12.0. The molecule has 22 aromatic rings. The highest BCUT2D eigenvalue weighted by atomic mass is 15.0. The first-order valence-corrected chi connectivity index (χ1v) is 36.0. The van der Waals surface area contributed by atoms with Gasteiger partial charge in [0.25, 0.3) is 0 Å². The van der Waals surface area contributed by atoms with Crippen molar-refractivity contribution in [2.75, 3.05) is 0 Å². The van der Waals surface area contributed by atoms with Crippen molar-refractivity contribution in [2.45, 2.75) is 0 Å². The Morgan fingerprint density at radius 2 is 0.471 bits per heavy atom. The number of para-hydroxylation sites is 4. The second-order valence-electron chi connectivity index (χ2n) is 27.9. The van der Waals surface area contributed by atoms with E-state index >= 15 is 0 Å². The molecular weight excluding hydrogens is 1260 g/mol. The summed E-state index contributed by atoms with van der Waals surface area (Å²) in [5.74, 6) is 0. The SMILES string of the molecule is c1ccc(-n2c3ccccc3c3cc(-c4ccc5c(c4)c4ccc(-c6ccc7c8cc(-c9ccc%10c(c9)c9ccccc9n%10-c9ccc(-c%10cccc%11ccccc%10%11)c%10ccccc9%10)ccc8n(-c8ccccc8)c7c6)cc4n5-c4ccc(-c5ccc6ccccc6c5)c5ccccc45)ccc32)cc1. The Morgan fingerprint density at radius 3 is 1.02 bits per heavy atom. The zero-order valence-corrected chi connectivity index (χ0v) is 56.6. The first-order chi connectivity index (χ1) is 51.6. The second-order valence-corrected chi connectivity index (χ2v) is 27.9. The molecule has 0 spiro atoms. The van der Waals surface area contributed by atoms with E-state index in [-0.39, 0.29) is 0 Å². The maximum atomic E-state index is 2.53. The molecule has 0 bridgehead atoms. The summed E-state index contributed by atoms with van der Waals surface area (Å²) in [6.45, 7) is 0. The van der Waals surface area contributed by atoms with Gasteiger partial charge in [-0.05, 0) is 203 Å². The summed E-state index contributed by atoms with van der Waals surface area (Å²) in [5.41, 5.74) is 25.9. The number of hydrogen-bond acceptors (Lipinski definition) is 0. The van der Waals surface area contributed by atoms with Crippen LogP contribution in [-0.4, -0.2) is 18.3 Å². The molecule has 0 unspecified atom stereocenters. The van der Waals surface area contributed by atoms with Crippen molar-refractivity contribution in [3.63, 3.8) is 0 Å². The third-order valence-electron chi connectivity index (χ3n) is 22.3. The van der Waals surface area contributed by atoms with Crippen LogP contribution in [0.5, 0.6) is 0 Å². The molecule has 4 heterocycles. The molecule has 18 aromatic carbocycles. The number of aromatic nitrogens is 4. The van der Waals surface area contributed by atoms with E-state index in [1.807, 2.05) is 0 Å². The van der Waals surface area contributed by atoms with Crippen molar-refractivity contribution in [3.05, 3.63) is 376 Å². The van der Waals surface area contributed by atoms with Crippen molar-refractivity contribution in [1.29, 1.82) is 0 Å². The molecule has 22 rings (SSSR count). The van der Waals surface area contributed by atoms with Gasteiger partial charge >= 0.3 is 0 Å². The van der Waals surface area contributed by atoms with Crippen LogP contribution >= 0.6 is 0 Å². The van der Waals surface area contributed by atoms with Crippen LogP contribution in [-0.2, 0) is 0 Å². The number of benzene rings is 18. The topological polar surface area (TPSA) is 19.7 Å². The lowest BCUT2D eigenvalue weighted by Crippen LogP contribution is -1.97. The molecule has 104 heavy (non-hydrogen) atoms. The van der Waals surface area contributed by atoms with Crippen molar-refractivity contribution >= 4 is 130 Å². The summed E-state index contributed by atoms with van der Waals surface area (Å²) in [4.78, 5) is 0. The smallest absolute Gasteiger partial charge is 0.0547 e. The molecule has 0 saturated heterocycles. The molecule has 0 saturated carbocycles. The van der Waals surface area contributed by atoms with Crippen LogP contribution in [0.15, 0.2) is 376 Å². The molecular formula is C100H62N4. The van der Waals surface area contributed by atoms with Crippen LogP contribution in [0.4, 0.5) is 0 Å². The molecule has 0 aliphatic rings. The average molecular weight is 1320 g/mol.